The number of hydrogen-bond donors (Lipinski definition) is 1. The molecule has 176 valence electrons. The van der Waals surface area contributed by atoms with E-state index in [4.69, 9.17) is 0 Å². The summed E-state index contributed by atoms with van der Waals surface area (Å²) in [5.41, 5.74) is 3.16. The van der Waals surface area contributed by atoms with E-state index in [0.717, 1.165) is 29.1 Å². The molecule has 1 aliphatic rings. The molecule has 8 nitrogen and oxygen atoms in total. The van der Waals surface area contributed by atoms with Crippen molar-refractivity contribution >= 4 is 29.3 Å². The molecule has 1 aromatic heterocycles. The van der Waals surface area contributed by atoms with Crippen molar-refractivity contribution in [2.45, 2.75) is 30.0 Å². The van der Waals surface area contributed by atoms with E-state index < -0.39 is 0 Å². The molecular weight excluding hydrogens is 460 g/mol. The first-order valence-electron chi connectivity index (χ1n) is 11.4. The van der Waals surface area contributed by atoms with Crippen LogP contribution in [0.3, 0.4) is 0 Å². The first-order chi connectivity index (χ1) is 17.2. The van der Waals surface area contributed by atoms with Gasteiger partial charge in [-0.2, -0.15) is 4.68 Å². The van der Waals surface area contributed by atoms with Gasteiger partial charge >= 0.3 is 0 Å². The molecule has 1 aliphatic heterocycles. The number of para-hydroxylation sites is 1. The molecule has 9 heteroatoms. The van der Waals surface area contributed by atoms with Crippen molar-refractivity contribution in [3.8, 4) is 5.69 Å². The number of nitrogens with zero attached hydrogens (tertiary/aromatic N) is 5. The maximum absolute atomic E-state index is 13.2. The Bertz CT molecular complexity index is 1340. The van der Waals surface area contributed by atoms with Crippen molar-refractivity contribution in [2.24, 2.45) is 0 Å². The summed E-state index contributed by atoms with van der Waals surface area (Å²) in [7, 11) is 0. The molecule has 3 aromatic carbocycles. The van der Waals surface area contributed by atoms with Crippen LogP contribution in [0.15, 0.2) is 83.8 Å². The molecular formula is C26H24N6O2S. The molecule has 35 heavy (non-hydrogen) atoms. The van der Waals surface area contributed by atoms with Gasteiger partial charge in [-0.05, 0) is 58.8 Å². The molecule has 1 fully saturated rings. The van der Waals surface area contributed by atoms with E-state index in [0.29, 0.717) is 35.8 Å². The Morgan fingerprint density at radius 2 is 1.83 bits per heavy atom. The van der Waals surface area contributed by atoms with Crippen molar-refractivity contribution < 1.29 is 9.59 Å². The lowest BCUT2D eigenvalue weighted by atomic mass is 10.1. The topological polar surface area (TPSA) is 93.0 Å². The monoisotopic (exact) mass is 484 g/mol. The van der Waals surface area contributed by atoms with Crippen molar-refractivity contribution in [3.05, 3.63) is 95.8 Å². The molecule has 0 radical (unpaired) electrons. The van der Waals surface area contributed by atoms with Crippen LogP contribution in [0.5, 0.6) is 0 Å². The minimum Gasteiger partial charge on any atom is -0.338 e. The van der Waals surface area contributed by atoms with Gasteiger partial charge in [0.2, 0.25) is 5.91 Å². The van der Waals surface area contributed by atoms with Crippen LogP contribution >= 0.6 is 11.8 Å². The Labute approximate surface area is 207 Å². The lowest BCUT2D eigenvalue weighted by Crippen LogP contribution is -2.23. The highest BCUT2D eigenvalue weighted by Gasteiger charge is 2.20. The molecule has 0 atom stereocenters. The van der Waals surface area contributed by atoms with Gasteiger partial charge in [-0.3, -0.25) is 9.59 Å². The second-order valence-electron chi connectivity index (χ2n) is 8.20. The smallest absolute Gasteiger partial charge is 0.256 e. The number of nitrogens with one attached hydrogen (secondary N) is 1. The molecule has 0 saturated carbocycles. The zero-order valence-electron chi connectivity index (χ0n) is 19.0. The lowest BCUT2D eigenvalue weighted by Gasteiger charge is -2.16. The zero-order chi connectivity index (χ0) is 24.0. The summed E-state index contributed by atoms with van der Waals surface area (Å²) in [5, 5.41) is 15.1. The van der Waals surface area contributed by atoms with E-state index in [2.05, 4.69) is 20.8 Å². The first kappa shape index (κ1) is 22.8. The standard InChI is InChI=1S/C26H24N6O2S/c33-25-14-7-15-31(25)17-19-8-6-9-20(16-19)27-26(34)22-12-4-5-13-23(22)35-18-24-28-29-30-32(24)21-10-2-1-3-11-21/h1-6,8-13,16H,7,14-15,17-18H2,(H,27,34). The van der Waals surface area contributed by atoms with Crippen LogP contribution in [0, 0.1) is 0 Å². The number of tetrazole rings is 1. The van der Waals surface area contributed by atoms with Crippen LogP contribution in [0.4, 0.5) is 5.69 Å². The fourth-order valence-corrected chi connectivity index (χ4v) is 4.98. The van der Waals surface area contributed by atoms with Gasteiger partial charge in [0.25, 0.3) is 5.91 Å². The highest BCUT2D eigenvalue weighted by Crippen LogP contribution is 2.27. The third-order valence-electron chi connectivity index (χ3n) is 5.75. The summed E-state index contributed by atoms with van der Waals surface area (Å²) in [5.74, 6) is 1.19. The van der Waals surface area contributed by atoms with Crippen molar-refractivity contribution in [1.82, 2.24) is 25.1 Å². The number of likely N-dealkylation sites (tertiary alicyclic amines) is 1. The Morgan fingerprint density at radius 1 is 1.00 bits per heavy atom. The van der Waals surface area contributed by atoms with Gasteiger partial charge in [0, 0.05) is 30.1 Å². The summed E-state index contributed by atoms with van der Waals surface area (Å²) in [6, 6.07) is 24.8. The maximum atomic E-state index is 13.2. The van der Waals surface area contributed by atoms with Gasteiger partial charge in [0.1, 0.15) is 0 Å². The molecule has 0 aliphatic carbocycles. The SMILES string of the molecule is O=C(Nc1cccc(CN2CCCC2=O)c1)c1ccccc1SCc1nnnn1-c1ccccc1. The quantitative estimate of drug-likeness (QED) is 0.374. The van der Waals surface area contributed by atoms with E-state index in [9.17, 15) is 9.59 Å². The van der Waals surface area contributed by atoms with Crippen molar-refractivity contribution in [2.75, 3.05) is 11.9 Å². The molecule has 5 rings (SSSR count). The molecule has 0 spiro atoms. The zero-order valence-corrected chi connectivity index (χ0v) is 19.8. The number of hydrogen-bond acceptors (Lipinski definition) is 6. The Balaban J connectivity index is 1.28. The van der Waals surface area contributed by atoms with Crippen molar-refractivity contribution in [1.29, 1.82) is 0 Å². The predicted molar refractivity (Wildman–Crippen MR) is 134 cm³/mol. The third kappa shape index (κ3) is 5.41. The van der Waals surface area contributed by atoms with E-state index in [-0.39, 0.29) is 11.8 Å². The minimum absolute atomic E-state index is 0.184. The predicted octanol–water partition coefficient (Wildman–Crippen LogP) is 4.33. The van der Waals surface area contributed by atoms with Crippen LogP contribution in [0.2, 0.25) is 0 Å². The summed E-state index contributed by atoms with van der Waals surface area (Å²) >= 11 is 1.51. The number of aromatic nitrogens is 4. The largest absolute Gasteiger partial charge is 0.338 e. The summed E-state index contributed by atoms with van der Waals surface area (Å²) in [4.78, 5) is 27.8. The van der Waals surface area contributed by atoms with Gasteiger partial charge in [-0.15, -0.1) is 16.9 Å². The normalized spacial score (nSPS) is 13.3. The van der Waals surface area contributed by atoms with E-state index in [1.807, 2.05) is 83.8 Å². The third-order valence-corrected chi connectivity index (χ3v) is 6.82. The summed E-state index contributed by atoms with van der Waals surface area (Å²) in [6.45, 7) is 1.35. The Morgan fingerprint density at radius 3 is 2.66 bits per heavy atom. The lowest BCUT2D eigenvalue weighted by molar-refractivity contribution is -0.128. The van der Waals surface area contributed by atoms with Crippen LogP contribution in [-0.2, 0) is 17.1 Å². The number of anilines is 1. The Hall–Kier alpha value is -3.98. The molecule has 0 bridgehead atoms. The molecule has 2 heterocycles. The average molecular weight is 485 g/mol. The molecule has 2 amide bonds. The average Bonchev–Trinajstić information content (AvgIpc) is 3.52. The number of carbonyl (C=O) groups excluding carboxylic acids is 2. The molecule has 4 aromatic rings. The second kappa shape index (κ2) is 10.5. The highest BCUT2D eigenvalue weighted by molar-refractivity contribution is 7.98. The first-order valence-corrected chi connectivity index (χ1v) is 12.4. The number of benzene rings is 3. The van der Waals surface area contributed by atoms with E-state index >= 15 is 0 Å². The molecule has 0 unspecified atom stereocenters. The fourth-order valence-electron chi connectivity index (χ4n) is 4.03. The van der Waals surface area contributed by atoms with Gasteiger partial charge in [0.15, 0.2) is 5.82 Å². The van der Waals surface area contributed by atoms with Gasteiger partial charge in [0.05, 0.1) is 17.0 Å². The summed E-state index contributed by atoms with van der Waals surface area (Å²) < 4.78 is 1.70. The van der Waals surface area contributed by atoms with Crippen LogP contribution in [-0.4, -0.2) is 43.5 Å². The summed E-state index contributed by atoms with van der Waals surface area (Å²) in [6.07, 6.45) is 1.52. The van der Waals surface area contributed by atoms with E-state index in [1.54, 1.807) is 4.68 Å². The fraction of sp³-hybridized carbons (Fsp3) is 0.192. The van der Waals surface area contributed by atoms with Gasteiger partial charge in [-0.25, -0.2) is 0 Å². The van der Waals surface area contributed by atoms with Crippen molar-refractivity contribution in [3.63, 3.8) is 0 Å². The number of carbonyl (C=O) groups is 2. The number of amides is 2. The van der Waals surface area contributed by atoms with Crippen LogP contribution in [0.1, 0.15) is 34.6 Å². The van der Waals surface area contributed by atoms with Gasteiger partial charge < -0.3 is 10.2 Å². The highest BCUT2D eigenvalue weighted by atomic mass is 32.2. The van der Waals surface area contributed by atoms with Crippen LogP contribution < -0.4 is 5.32 Å². The number of rotatable bonds is 8. The molecule has 1 saturated heterocycles. The van der Waals surface area contributed by atoms with E-state index in [1.165, 1.54) is 11.8 Å². The maximum Gasteiger partial charge on any atom is 0.256 e. The molecule has 1 N–H and O–H groups in total. The minimum atomic E-state index is -0.190. The van der Waals surface area contributed by atoms with Gasteiger partial charge in [-0.1, -0.05) is 42.5 Å². The van der Waals surface area contributed by atoms with Crippen LogP contribution in [0.25, 0.3) is 5.69 Å². The Kier molecular flexibility index (Phi) is 6.85. The number of thioether (sulfide) groups is 1. The second-order valence-corrected chi connectivity index (χ2v) is 9.22.